The molecule has 2 aromatic carbocycles. The van der Waals surface area contributed by atoms with Gasteiger partial charge in [0.15, 0.2) is 5.75 Å². The van der Waals surface area contributed by atoms with Gasteiger partial charge in [-0.1, -0.05) is 0 Å². The molecule has 5 nitrogen and oxygen atoms in total. The van der Waals surface area contributed by atoms with Crippen LogP contribution in [0.15, 0.2) is 36.4 Å². The molecule has 0 bridgehead atoms. The van der Waals surface area contributed by atoms with Gasteiger partial charge in [-0.2, -0.15) is 0 Å². The molecule has 0 unspecified atom stereocenters. The number of ether oxygens (including phenoxy) is 2. The molecular weight excluding hydrogens is 268 g/mol. The Labute approximate surface area is 122 Å². The van der Waals surface area contributed by atoms with Gasteiger partial charge in [-0.25, -0.2) is 0 Å². The maximum atomic E-state index is 11.4. The molecule has 0 saturated heterocycles. The van der Waals surface area contributed by atoms with Crippen molar-refractivity contribution in [2.24, 2.45) is 0 Å². The van der Waals surface area contributed by atoms with Crippen LogP contribution in [-0.4, -0.2) is 12.5 Å². The van der Waals surface area contributed by atoms with Crippen LogP contribution in [0.25, 0.3) is 0 Å². The minimum atomic E-state index is -0.0254. The van der Waals surface area contributed by atoms with E-state index in [1.807, 2.05) is 31.2 Å². The van der Waals surface area contributed by atoms with Crippen LogP contribution in [0.5, 0.6) is 17.2 Å². The molecule has 1 heterocycles. The number of nitrogen functional groups attached to an aromatic ring is 1. The number of fused-ring (bicyclic) bond motifs is 1. The molecule has 3 rings (SSSR count). The second-order valence-corrected chi connectivity index (χ2v) is 4.78. The van der Waals surface area contributed by atoms with Crippen LogP contribution in [-0.2, 0) is 11.2 Å². The lowest BCUT2D eigenvalue weighted by Gasteiger charge is -2.11. The van der Waals surface area contributed by atoms with E-state index in [1.165, 1.54) is 0 Å². The summed E-state index contributed by atoms with van der Waals surface area (Å²) < 4.78 is 11.2. The van der Waals surface area contributed by atoms with E-state index in [2.05, 4.69) is 5.32 Å². The Hall–Kier alpha value is -2.69. The average molecular weight is 284 g/mol. The van der Waals surface area contributed by atoms with E-state index >= 15 is 0 Å². The maximum absolute atomic E-state index is 11.4. The molecule has 3 N–H and O–H groups in total. The smallest absolute Gasteiger partial charge is 0.228 e. The largest absolute Gasteiger partial charge is 0.494 e. The minimum Gasteiger partial charge on any atom is -0.494 e. The molecule has 0 radical (unpaired) electrons. The average Bonchev–Trinajstić information content (AvgIpc) is 2.81. The number of benzene rings is 2. The third kappa shape index (κ3) is 2.76. The molecule has 2 aromatic rings. The molecule has 0 atom stereocenters. The number of anilines is 2. The second-order valence-electron chi connectivity index (χ2n) is 4.78. The standard InChI is InChI=1S/C16H16N2O3/c1-2-20-11-3-5-12(6-4-11)21-15-9-14-10(7-13(15)17)8-16(19)18-14/h3-7,9H,2,8,17H2,1H3,(H,18,19). The SMILES string of the molecule is CCOc1ccc(Oc2cc3c(cc2N)CC(=O)N3)cc1. The highest BCUT2D eigenvalue weighted by atomic mass is 16.5. The number of rotatable bonds is 4. The zero-order chi connectivity index (χ0) is 14.8. The van der Waals surface area contributed by atoms with E-state index in [-0.39, 0.29) is 5.91 Å². The van der Waals surface area contributed by atoms with Crippen LogP contribution in [0.3, 0.4) is 0 Å². The van der Waals surface area contributed by atoms with Crippen LogP contribution < -0.4 is 20.5 Å². The molecular formula is C16H16N2O3. The first kappa shape index (κ1) is 13.3. The fourth-order valence-corrected chi connectivity index (χ4v) is 2.26. The van der Waals surface area contributed by atoms with Gasteiger partial charge in [-0.3, -0.25) is 4.79 Å². The first-order valence-electron chi connectivity index (χ1n) is 6.78. The predicted octanol–water partition coefficient (Wildman–Crippen LogP) is 2.95. The summed E-state index contributed by atoms with van der Waals surface area (Å²) in [6.45, 7) is 2.56. The van der Waals surface area contributed by atoms with Crippen LogP contribution in [0.1, 0.15) is 12.5 Å². The van der Waals surface area contributed by atoms with Crippen molar-refractivity contribution in [2.75, 3.05) is 17.7 Å². The number of carbonyl (C=O) groups is 1. The van der Waals surface area contributed by atoms with E-state index < -0.39 is 0 Å². The molecule has 0 aliphatic carbocycles. The molecule has 0 saturated carbocycles. The summed E-state index contributed by atoms with van der Waals surface area (Å²) in [5.74, 6) is 1.95. The Bertz CT molecular complexity index is 681. The van der Waals surface area contributed by atoms with Crippen molar-refractivity contribution < 1.29 is 14.3 Å². The van der Waals surface area contributed by atoms with Gasteiger partial charge >= 0.3 is 0 Å². The first-order valence-corrected chi connectivity index (χ1v) is 6.78. The molecule has 1 amide bonds. The zero-order valence-corrected chi connectivity index (χ0v) is 11.7. The second kappa shape index (κ2) is 5.36. The summed E-state index contributed by atoms with van der Waals surface area (Å²) in [7, 11) is 0. The van der Waals surface area contributed by atoms with Crippen LogP contribution in [0, 0.1) is 0 Å². The summed E-state index contributed by atoms with van der Waals surface area (Å²) >= 11 is 0. The van der Waals surface area contributed by atoms with Crippen molar-refractivity contribution in [3.8, 4) is 17.2 Å². The Morgan fingerprint density at radius 3 is 2.62 bits per heavy atom. The van der Waals surface area contributed by atoms with Gasteiger partial charge in [0, 0.05) is 11.8 Å². The first-order chi connectivity index (χ1) is 10.2. The molecule has 0 fully saturated rings. The van der Waals surface area contributed by atoms with E-state index in [0.29, 0.717) is 30.2 Å². The monoisotopic (exact) mass is 284 g/mol. The van der Waals surface area contributed by atoms with Crippen molar-refractivity contribution in [1.29, 1.82) is 0 Å². The summed E-state index contributed by atoms with van der Waals surface area (Å²) in [5, 5.41) is 2.78. The predicted molar refractivity (Wildman–Crippen MR) is 80.9 cm³/mol. The van der Waals surface area contributed by atoms with Gasteiger partial charge in [0.05, 0.1) is 18.7 Å². The van der Waals surface area contributed by atoms with Crippen molar-refractivity contribution in [3.63, 3.8) is 0 Å². The third-order valence-electron chi connectivity index (χ3n) is 3.22. The lowest BCUT2D eigenvalue weighted by atomic mass is 10.1. The van der Waals surface area contributed by atoms with Crippen LogP contribution >= 0.6 is 0 Å². The number of nitrogens with one attached hydrogen (secondary N) is 1. The molecule has 1 aliphatic rings. The fraction of sp³-hybridized carbons (Fsp3) is 0.188. The Morgan fingerprint density at radius 1 is 1.19 bits per heavy atom. The summed E-state index contributed by atoms with van der Waals surface area (Å²) in [6.07, 6.45) is 0.364. The molecule has 5 heteroatoms. The van der Waals surface area contributed by atoms with E-state index in [9.17, 15) is 4.79 Å². The van der Waals surface area contributed by atoms with Gasteiger partial charge in [-0.15, -0.1) is 0 Å². The number of nitrogens with two attached hydrogens (primary N) is 1. The molecule has 0 spiro atoms. The third-order valence-corrected chi connectivity index (χ3v) is 3.22. The topological polar surface area (TPSA) is 73.6 Å². The van der Waals surface area contributed by atoms with Gasteiger partial charge in [0.25, 0.3) is 0 Å². The maximum Gasteiger partial charge on any atom is 0.228 e. The van der Waals surface area contributed by atoms with Crippen molar-refractivity contribution in [1.82, 2.24) is 0 Å². The van der Waals surface area contributed by atoms with E-state index in [4.69, 9.17) is 15.2 Å². The highest BCUT2D eigenvalue weighted by Crippen LogP contribution is 2.35. The number of hydrogen-bond donors (Lipinski definition) is 2. The molecule has 21 heavy (non-hydrogen) atoms. The van der Waals surface area contributed by atoms with Crippen LogP contribution in [0.2, 0.25) is 0 Å². The Balaban J connectivity index is 1.82. The summed E-state index contributed by atoms with van der Waals surface area (Å²) in [4.78, 5) is 11.4. The van der Waals surface area contributed by atoms with Crippen molar-refractivity contribution >= 4 is 17.3 Å². The Morgan fingerprint density at radius 2 is 1.90 bits per heavy atom. The lowest BCUT2D eigenvalue weighted by Crippen LogP contribution is -2.03. The van der Waals surface area contributed by atoms with Gasteiger partial charge in [0.2, 0.25) is 5.91 Å². The zero-order valence-electron chi connectivity index (χ0n) is 11.7. The lowest BCUT2D eigenvalue weighted by molar-refractivity contribution is -0.115. The molecule has 1 aliphatic heterocycles. The number of hydrogen-bond acceptors (Lipinski definition) is 4. The van der Waals surface area contributed by atoms with Crippen LogP contribution in [0.4, 0.5) is 11.4 Å². The highest BCUT2D eigenvalue weighted by Gasteiger charge is 2.20. The normalized spacial score (nSPS) is 12.7. The summed E-state index contributed by atoms with van der Waals surface area (Å²) in [6, 6.07) is 10.8. The van der Waals surface area contributed by atoms with Gasteiger partial charge in [0.1, 0.15) is 11.5 Å². The summed E-state index contributed by atoms with van der Waals surface area (Å²) in [5.41, 5.74) is 8.15. The minimum absolute atomic E-state index is 0.0254. The van der Waals surface area contributed by atoms with E-state index in [1.54, 1.807) is 12.1 Å². The van der Waals surface area contributed by atoms with Crippen molar-refractivity contribution in [2.45, 2.75) is 13.3 Å². The molecule has 0 aromatic heterocycles. The quantitative estimate of drug-likeness (QED) is 0.847. The fourth-order valence-electron chi connectivity index (χ4n) is 2.26. The van der Waals surface area contributed by atoms with Gasteiger partial charge < -0.3 is 20.5 Å². The number of carbonyl (C=O) groups excluding carboxylic acids is 1. The number of amides is 1. The van der Waals surface area contributed by atoms with E-state index in [0.717, 1.165) is 17.0 Å². The molecule has 108 valence electrons. The highest BCUT2D eigenvalue weighted by molar-refractivity contribution is 6.00. The Kier molecular flexibility index (Phi) is 3.39. The van der Waals surface area contributed by atoms with Gasteiger partial charge in [-0.05, 0) is 42.8 Å². The van der Waals surface area contributed by atoms with Crippen molar-refractivity contribution in [3.05, 3.63) is 42.0 Å².